The summed E-state index contributed by atoms with van der Waals surface area (Å²) in [6.07, 6.45) is 0.0916. The third kappa shape index (κ3) is 1.81. The second-order valence-corrected chi connectivity index (χ2v) is 7.41. The Morgan fingerprint density at radius 1 is 1.11 bits per heavy atom. The number of fused-ring (bicyclic) bond motifs is 2. The molecule has 2 fully saturated rings. The van der Waals surface area contributed by atoms with E-state index in [1.165, 1.54) is 0 Å². The van der Waals surface area contributed by atoms with Crippen LogP contribution in [0.3, 0.4) is 0 Å². The summed E-state index contributed by atoms with van der Waals surface area (Å²) in [4.78, 5) is 0. The standard InChI is InChI=1S/C15H24O4/c1-14(2)5-10-9-7-19-13(18)8(9)4-11(16)15(10,3)12(17)6-14/h8,11-13,16-18H,4-7H2,1-3H3/t8-,11+,12+,13-,15-/m1/s1. The molecule has 3 rings (SSSR count). The molecule has 1 aliphatic heterocycles. The van der Waals surface area contributed by atoms with Crippen molar-refractivity contribution in [2.75, 3.05) is 6.61 Å². The fourth-order valence-electron chi connectivity index (χ4n) is 4.19. The van der Waals surface area contributed by atoms with Crippen LogP contribution in [0.2, 0.25) is 0 Å². The molecule has 1 saturated carbocycles. The average molecular weight is 268 g/mol. The van der Waals surface area contributed by atoms with E-state index < -0.39 is 23.9 Å². The zero-order valence-corrected chi connectivity index (χ0v) is 11.9. The first-order valence-corrected chi connectivity index (χ1v) is 7.14. The van der Waals surface area contributed by atoms with Crippen molar-refractivity contribution in [3.05, 3.63) is 11.1 Å². The topological polar surface area (TPSA) is 69.9 Å². The Labute approximate surface area is 114 Å². The normalized spacial score (nSPS) is 48.9. The van der Waals surface area contributed by atoms with E-state index in [1.54, 1.807) is 0 Å². The van der Waals surface area contributed by atoms with Gasteiger partial charge >= 0.3 is 0 Å². The second kappa shape index (κ2) is 4.04. The SMILES string of the molecule is CC1(C)CC2=C3CO[C@@H](O)[C@@H]3C[C@H](O)[C@]2(C)[C@@H](O)C1. The number of hydrogen-bond donors (Lipinski definition) is 3. The highest BCUT2D eigenvalue weighted by Crippen LogP contribution is 2.57. The summed E-state index contributed by atoms with van der Waals surface area (Å²) in [6, 6.07) is 0. The van der Waals surface area contributed by atoms with Crippen molar-refractivity contribution < 1.29 is 20.1 Å². The molecule has 0 radical (unpaired) electrons. The van der Waals surface area contributed by atoms with Crippen LogP contribution in [0, 0.1) is 16.7 Å². The zero-order valence-electron chi connectivity index (χ0n) is 11.9. The van der Waals surface area contributed by atoms with Gasteiger partial charge in [0.15, 0.2) is 6.29 Å². The van der Waals surface area contributed by atoms with Crippen LogP contribution in [0.1, 0.15) is 40.0 Å². The van der Waals surface area contributed by atoms with Crippen LogP contribution >= 0.6 is 0 Å². The van der Waals surface area contributed by atoms with E-state index in [4.69, 9.17) is 4.74 Å². The molecule has 0 amide bonds. The molecule has 2 aliphatic carbocycles. The highest BCUT2D eigenvalue weighted by Gasteiger charge is 2.56. The molecule has 3 aliphatic rings. The van der Waals surface area contributed by atoms with Crippen molar-refractivity contribution in [1.82, 2.24) is 0 Å². The smallest absolute Gasteiger partial charge is 0.161 e. The summed E-state index contributed by atoms with van der Waals surface area (Å²) in [6.45, 7) is 6.68. The lowest BCUT2D eigenvalue weighted by atomic mass is 9.54. The summed E-state index contributed by atoms with van der Waals surface area (Å²) in [5, 5.41) is 30.9. The quantitative estimate of drug-likeness (QED) is 0.577. The van der Waals surface area contributed by atoms with Crippen LogP contribution in [-0.2, 0) is 4.74 Å². The van der Waals surface area contributed by atoms with Crippen molar-refractivity contribution >= 4 is 0 Å². The number of aliphatic hydroxyl groups is 3. The number of aliphatic hydroxyl groups excluding tert-OH is 3. The van der Waals surface area contributed by atoms with Crippen molar-refractivity contribution in [2.45, 2.75) is 58.5 Å². The van der Waals surface area contributed by atoms with Gasteiger partial charge in [-0.1, -0.05) is 26.3 Å². The molecular weight excluding hydrogens is 244 g/mol. The molecule has 4 heteroatoms. The van der Waals surface area contributed by atoms with E-state index in [2.05, 4.69) is 13.8 Å². The first-order chi connectivity index (χ1) is 8.75. The third-order valence-corrected chi connectivity index (χ3v) is 5.50. The number of ether oxygens (including phenoxy) is 1. The van der Waals surface area contributed by atoms with Crippen molar-refractivity contribution in [1.29, 1.82) is 0 Å². The van der Waals surface area contributed by atoms with Gasteiger partial charge in [0, 0.05) is 11.3 Å². The largest absolute Gasteiger partial charge is 0.392 e. The molecule has 108 valence electrons. The van der Waals surface area contributed by atoms with Gasteiger partial charge in [0.1, 0.15) is 0 Å². The van der Waals surface area contributed by atoms with Gasteiger partial charge in [0.05, 0.1) is 18.8 Å². The molecule has 0 aromatic carbocycles. The minimum atomic E-state index is -0.802. The highest BCUT2D eigenvalue weighted by molar-refractivity contribution is 5.35. The van der Waals surface area contributed by atoms with Crippen LogP contribution in [0.25, 0.3) is 0 Å². The molecule has 3 N–H and O–H groups in total. The van der Waals surface area contributed by atoms with Crippen molar-refractivity contribution in [3.8, 4) is 0 Å². The molecule has 4 nitrogen and oxygen atoms in total. The summed E-state index contributed by atoms with van der Waals surface area (Å²) >= 11 is 0. The molecule has 1 saturated heterocycles. The fourth-order valence-corrected chi connectivity index (χ4v) is 4.19. The first kappa shape index (κ1) is 13.6. The van der Waals surface area contributed by atoms with E-state index in [1.807, 2.05) is 6.92 Å². The van der Waals surface area contributed by atoms with E-state index in [9.17, 15) is 15.3 Å². The molecule has 19 heavy (non-hydrogen) atoms. The molecule has 0 aromatic rings. The van der Waals surface area contributed by atoms with Crippen LogP contribution in [0.5, 0.6) is 0 Å². The third-order valence-electron chi connectivity index (χ3n) is 5.50. The van der Waals surface area contributed by atoms with E-state index >= 15 is 0 Å². The summed E-state index contributed by atoms with van der Waals surface area (Å²) in [5.74, 6) is -0.0980. The van der Waals surface area contributed by atoms with E-state index in [0.717, 1.165) is 17.6 Å². The Morgan fingerprint density at radius 2 is 1.79 bits per heavy atom. The van der Waals surface area contributed by atoms with Gasteiger partial charge in [-0.2, -0.15) is 0 Å². The van der Waals surface area contributed by atoms with Gasteiger partial charge in [-0.3, -0.25) is 0 Å². The van der Waals surface area contributed by atoms with E-state index in [0.29, 0.717) is 19.4 Å². The lowest BCUT2D eigenvalue weighted by Gasteiger charge is -2.53. The van der Waals surface area contributed by atoms with Gasteiger partial charge in [0.25, 0.3) is 0 Å². The average Bonchev–Trinajstić information content (AvgIpc) is 2.64. The van der Waals surface area contributed by atoms with Gasteiger partial charge < -0.3 is 20.1 Å². The highest BCUT2D eigenvalue weighted by atomic mass is 16.6. The molecule has 0 unspecified atom stereocenters. The Kier molecular flexibility index (Phi) is 2.88. The summed E-state index contributed by atoms with van der Waals surface area (Å²) in [7, 11) is 0. The van der Waals surface area contributed by atoms with E-state index in [-0.39, 0.29) is 11.3 Å². The molecule has 0 spiro atoms. The molecule has 0 aromatic heterocycles. The van der Waals surface area contributed by atoms with Gasteiger partial charge in [-0.25, -0.2) is 0 Å². The Balaban J connectivity index is 2.11. The Hall–Kier alpha value is -0.420. The Morgan fingerprint density at radius 3 is 2.47 bits per heavy atom. The maximum atomic E-state index is 10.6. The second-order valence-electron chi connectivity index (χ2n) is 7.41. The predicted octanol–water partition coefficient (Wildman–Crippen LogP) is 1.20. The van der Waals surface area contributed by atoms with Gasteiger partial charge in [-0.15, -0.1) is 0 Å². The van der Waals surface area contributed by atoms with Gasteiger partial charge in [0.2, 0.25) is 0 Å². The number of rotatable bonds is 0. The van der Waals surface area contributed by atoms with Crippen LogP contribution in [0.4, 0.5) is 0 Å². The minimum absolute atomic E-state index is 0.0242. The van der Waals surface area contributed by atoms with Crippen LogP contribution in [-0.4, -0.2) is 40.4 Å². The first-order valence-electron chi connectivity index (χ1n) is 7.14. The summed E-state index contributed by atoms with van der Waals surface area (Å²) < 4.78 is 5.35. The minimum Gasteiger partial charge on any atom is -0.392 e. The fraction of sp³-hybridized carbons (Fsp3) is 0.867. The monoisotopic (exact) mass is 268 g/mol. The number of hydrogen-bond acceptors (Lipinski definition) is 4. The van der Waals surface area contributed by atoms with Crippen molar-refractivity contribution in [2.24, 2.45) is 16.7 Å². The van der Waals surface area contributed by atoms with Crippen LogP contribution in [0.15, 0.2) is 11.1 Å². The molecular formula is C15H24O4. The maximum Gasteiger partial charge on any atom is 0.161 e. The van der Waals surface area contributed by atoms with Gasteiger partial charge in [-0.05, 0) is 30.3 Å². The predicted molar refractivity (Wildman–Crippen MR) is 70.2 cm³/mol. The maximum absolute atomic E-state index is 10.6. The summed E-state index contributed by atoms with van der Waals surface area (Å²) in [5.41, 5.74) is 1.69. The Bertz CT molecular complexity index is 428. The van der Waals surface area contributed by atoms with Crippen LogP contribution < -0.4 is 0 Å². The zero-order chi connectivity index (χ0) is 14.0. The van der Waals surface area contributed by atoms with Crippen molar-refractivity contribution in [3.63, 3.8) is 0 Å². The molecule has 0 bridgehead atoms. The lowest BCUT2D eigenvalue weighted by Crippen LogP contribution is -2.54. The lowest BCUT2D eigenvalue weighted by molar-refractivity contribution is -0.116. The molecule has 5 atom stereocenters. The molecule has 1 heterocycles.